The standard InChI is InChI=1S/C16H17N/c1-4-8-13(9-5-2)16-12(3)14-10-6-7-11-15(14)17-16/h4-11,17H,1H2,2-3H3/b9-5-,13-8+. The maximum absolute atomic E-state index is 3.77. The van der Waals surface area contributed by atoms with Crippen molar-refractivity contribution < 1.29 is 0 Å². The Hall–Kier alpha value is -2.02. The summed E-state index contributed by atoms with van der Waals surface area (Å²) in [4.78, 5) is 3.47. The SMILES string of the molecule is C=C/C=C(\C=C/C)c1[nH]c2ccccc2c1C. The molecular formula is C16H17N. The molecule has 17 heavy (non-hydrogen) atoms. The van der Waals surface area contributed by atoms with Crippen molar-refractivity contribution in [3.05, 3.63) is 66.4 Å². The number of fused-ring (bicyclic) bond motifs is 1. The molecule has 0 bridgehead atoms. The first-order chi connectivity index (χ1) is 8.27. The van der Waals surface area contributed by atoms with Crippen molar-refractivity contribution in [1.82, 2.24) is 4.98 Å². The summed E-state index contributed by atoms with van der Waals surface area (Å²) < 4.78 is 0. The van der Waals surface area contributed by atoms with E-state index in [1.54, 1.807) is 0 Å². The fourth-order valence-corrected chi connectivity index (χ4v) is 2.10. The maximum atomic E-state index is 3.77. The van der Waals surface area contributed by atoms with Crippen molar-refractivity contribution in [1.29, 1.82) is 0 Å². The topological polar surface area (TPSA) is 15.8 Å². The molecule has 1 nitrogen and oxygen atoms in total. The highest BCUT2D eigenvalue weighted by molar-refractivity contribution is 5.90. The summed E-state index contributed by atoms with van der Waals surface area (Å²) in [5.41, 5.74) is 4.80. The summed E-state index contributed by atoms with van der Waals surface area (Å²) in [7, 11) is 0. The second kappa shape index (κ2) is 4.88. The molecule has 2 rings (SSSR count). The van der Waals surface area contributed by atoms with Gasteiger partial charge in [-0.25, -0.2) is 0 Å². The highest BCUT2D eigenvalue weighted by Crippen LogP contribution is 2.27. The minimum absolute atomic E-state index is 1.16. The van der Waals surface area contributed by atoms with Gasteiger partial charge in [-0.2, -0.15) is 0 Å². The number of benzene rings is 1. The predicted molar refractivity (Wildman–Crippen MR) is 76.0 cm³/mol. The molecule has 1 N–H and O–H groups in total. The zero-order chi connectivity index (χ0) is 12.3. The largest absolute Gasteiger partial charge is 0.354 e. The van der Waals surface area contributed by atoms with Crippen LogP contribution in [-0.4, -0.2) is 4.98 Å². The van der Waals surface area contributed by atoms with Crippen molar-refractivity contribution in [2.45, 2.75) is 13.8 Å². The predicted octanol–water partition coefficient (Wildman–Crippen LogP) is 4.62. The summed E-state index contributed by atoms with van der Waals surface area (Å²) in [6, 6.07) is 8.37. The van der Waals surface area contributed by atoms with E-state index >= 15 is 0 Å². The maximum Gasteiger partial charge on any atom is 0.0494 e. The third kappa shape index (κ3) is 2.09. The molecule has 0 radical (unpaired) electrons. The monoisotopic (exact) mass is 223 g/mol. The van der Waals surface area contributed by atoms with Gasteiger partial charge in [-0.15, -0.1) is 0 Å². The van der Waals surface area contributed by atoms with Gasteiger partial charge in [0, 0.05) is 16.6 Å². The molecule has 1 heteroatoms. The minimum atomic E-state index is 1.16. The van der Waals surface area contributed by atoms with Gasteiger partial charge in [0.15, 0.2) is 0 Å². The molecular weight excluding hydrogens is 206 g/mol. The number of hydrogen-bond donors (Lipinski definition) is 1. The zero-order valence-corrected chi connectivity index (χ0v) is 10.3. The summed E-state index contributed by atoms with van der Waals surface area (Å²) in [6.07, 6.45) is 7.98. The molecule has 0 aliphatic carbocycles. The molecule has 0 aliphatic rings. The summed E-state index contributed by atoms with van der Waals surface area (Å²) in [5, 5.41) is 1.28. The smallest absolute Gasteiger partial charge is 0.0494 e. The lowest BCUT2D eigenvalue weighted by molar-refractivity contribution is 1.35. The number of aromatic amines is 1. The van der Waals surface area contributed by atoms with E-state index in [4.69, 9.17) is 0 Å². The van der Waals surface area contributed by atoms with E-state index in [0.717, 1.165) is 5.57 Å². The van der Waals surface area contributed by atoms with Crippen LogP contribution in [0.2, 0.25) is 0 Å². The van der Waals surface area contributed by atoms with Crippen molar-refractivity contribution in [2.75, 3.05) is 0 Å². The van der Waals surface area contributed by atoms with E-state index in [2.05, 4.69) is 48.8 Å². The van der Waals surface area contributed by atoms with E-state index in [1.807, 2.05) is 25.2 Å². The van der Waals surface area contributed by atoms with Crippen LogP contribution < -0.4 is 0 Å². The van der Waals surface area contributed by atoms with Crippen LogP contribution in [0, 0.1) is 6.92 Å². The summed E-state index contributed by atoms with van der Waals surface area (Å²) in [6.45, 7) is 7.94. The van der Waals surface area contributed by atoms with Crippen LogP contribution in [0.15, 0.2) is 55.1 Å². The van der Waals surface area contributed by atoms with Crippen molar-refractivity contribution in [2.24, 2.45) is 0 Å². The first-order valence-corrected chi connectivity index (χ1v) is 5.81. The zero-order valence-electron chi connectivity index (χ0n) is 10.3. The quantitative estimate of drug-likeness (QED) is 0.731. The van der Waals surface area contributed by atoms with Crippen molar-refractivity contribution in [3.63, 3.8) is 0 Å². The van der Waals surface area contributed by atoms with Crippen LogP contribution in [0.25, 0.3) is 16.5 Å². The number of rotatable bonds is 3. The fourth-order valence-electron chi connectivity index (χ4n) is 2.10. The molecule has 0 saturated heterocycles. The fraction of sp³-hybridized carbons (Fsp3) is 0.125. The molecule has 0 spiro atoms. The van der Waals surface area contributed by atoms with E-state index in [-0.39, 0.29) is 0 Å². The van der Waals surface area contributed by atoms with Crippen LogP contribution in [0.3, 0.4) is 0 Å². The van der Waals surface area contributed by atoms with Gasteiger partial charge in [-0.05, 0) is 31.1 Å². The molecule has 1 heterocycles. The number of H-pyrrole nitrogens is 1. The Morgan fingerprint density at radius 3 is 2.71 bits per heavy atom. The molecule has 0 amide bonds. The van der Waals surface area contributed by atoms with Gasteiger partial charge in [0.25, 0.3) is 0 Å². The molecule has 0 atom stereocenters. The lowest BCUT2D eigenvalue weighted by Gasteiger charge is -2.00. The van der Waals surface area contributed by atoms with Gasteiger partial charge >= 0.3 is 0 Å². The van der Waals surface area contributed by atoms with Gasteiger partial charge in [0.05, 0.1) is 0 Å². The number of allylic oxidation sites excluding steroid dienone is 5. The summed E-state index contributed by atoms with van der Waals surface area (Å²) in [5.74, 6) is 0. The van der Waals surface area contributed by atoms with Gasteiger partial charge in [-0.1, -0.05) is 49.1 Å². The number of para-hydroxylation sites is 1. The van der Waals surface area contributed by atoms with Crippen LogP contribution >= 0.6 is 0 Å². The van der Waals surface area contributed by atoms with E-state index in [9.17, 15) is 0 Å². The van der Waals surface area contributed by atoms with Gasteiger partial charge in [0.2, 0.25) is 0 Å². The van der Waals surface area contributed by atoms with Crippen molar-refractivity contribution >= 4 is 16.5 Å². The molecule has 2 aromatic rings. The van der Waals surface area contributed by atoms with Gasteiger partial charge in [-0.3, -0.25) is 0 Å². The third-order valence-corrected chi connectivity index (χ3v) is 2.90. The number of aromatic nitrogens is 1. The van der Waals surface area contributed by atoms with E-state index in [1.165, 1.54) is 22.2 Å². The molecule has 0 aliphatic heterocycles. The highest BCUT2D eigenvalue weighted by Gasteiger charge is 2.08. The Morgan fingerprint density at radius 2 is 2.06 bits per heavy atom. The van der Waals surface area contributed by atoms with Gasteiger partial charge < -0.3 is 4.98 Å². The molecule has 0 fully saturated rings. The van der Waals surface area contributed by atoms with Crippen LogP contribution in [0.5, 0.6) is 0 Å². The lowest BCUT2D eigenvalue weighted by atomic mass is 10.1. The Kier molecular flexibility index (Phi) is 3.29. The second-order valence-corrected chi connectivity index (χ2v) is 4.03. The third-order valence-electron chi connectivity index (χ3n) is 2.90. The highest BCUT2D eigenvalue weighted by atomic mass is 14.7. The molecule has 1 aromatic heterocycles. The first-order valence-electron chi connectivity index (χ1n) is 5.81. The van der Waals surface area contributed by atoms with Crippen LogP contribution in [-0.2, 0) is 0 Å². The molecule has 86 valence electrons. The Morgan fingerprint density at radius 1 is 1.29 bits per heavy atom. The second-order valence-electron chi connectivity index (χ2n) is 4.03. The molecule has 0 saturated carbocycles. The van der Waals surface area contributed by atoms with Gasteiger partial charge in [0.1, 0.15) is 0 Å². The molecule has 0 unspecified atom stereocenters. The van der Waals surface area contributed by atoms with Crippen molar-refractivity contribution in [3.8, 4) is 0 Å². The van der Waals surface area contributed by atoms with E-state index in [0.29, 0.717) is 0 Å². The number of aryl methyl sites for hydroxylation is 1. The normalized spacial score (nSPS) is 12.5. The number of hydrogen-bond acceptors (Lipinski definition) is 0. The lowest BCUT2D eigenvalue weighted by Crippen LogP contribution is -1.83. The van der Waals surface area contributed by atoms with E-state index < -0.39 is 0 Å². The average molecular weight is 223 g/mol. The minimum Gasteiger partial charge on any atom is -0.354 e. The van der Waals surface area contributed by atoms with Crippen LogP contribution in [0.4, 0.5) is 0 Å². The Balaban J connectivity index is 2.65. The Bertz CT molecular complexity index is 597. The Labute approximate surface area is 102 Å². The van der Waals surface area contributed by atoms with Crippen LogP contribution in [0.1, 0.15) is 18.2 Å². The average Bonchev–Trinajstić information content (AvgIpc) is 2.67. The molecule has 1 aromatic carbocycles. The number of nitrogens with one attached hydrogen (secondary N) is 1. The first kappa shape index (κ1) is 11.5. The summed E-state index contributed by atoms with van der Waals surface area (Å²) >= 11 is 0.